The van der Waals surface area contributed by atoms with Crippen molar-refractivity contribution < 1.29 is 0 Å². The first-order valence-corrected chi connectivity index (χ1v) is 5.95. The van der Waals surface area contributed by atoms with Crippen LogP contribution >= 0.6 is 15.9 Å². The highest BCUT2D eigenvalue weighted by Crippen LogP contribution is 2.17. The number of aryl methyl sites for hydroxylation is 1. The minimum Gasteiger partial charge on any atom is -0.381 e. The standard InChI is InChI=1S/C13H13BrN2/c1-10-8-12(6-7-15-10)16-9-11-4-2-3-5-13(11)14/h2-8H,9H2,1H3,(H,15,16). The highest BCUT2D eigenvalue weighted by molar-refractivity contribution is 9.10. The van der Waals surface area contributed by atoms with Gasteiger partial charge < -0.3 is 5.32 Å². The van der Waals surface area contributed by atoms with Gasteiger partial charge >= 0.3 is 0 Å². The van der Waals surface area contributed by atoms with Crippen LogP contribution in [0.4, 0.5) is 5.69 Å². The molecular formula is C13H13BrN2. The zero-order chi connectivity index (χ0) is 11.4. The number of pyridine rings is 1. The topological polar surface area (TPSA) is 24.9 Å². The number of rotatable bonds is 3. The molecule has 0 atom stereocenters. The lowest BCUT2D eigenvalue weighted by Crippen LogP contribution is -2.00. The van der Waals surface area contributed by atoms with Gasteiger partial charge in [-0.3, -0.25) is 4.98 Å². The largest absolute Gasteiger partial charge is 0.381 e. The Labute approximate surface area is 104 Å². The van der Waals surface area contributed by atoms with Crippen molar-refractivity contribution in [2.45, 2.75) is 13.5 Å². The van der Waals surface area contributed by atoms with E-state index < -0.39 is 0 Å². The van der Waals surface area contributed by atoms with Crippen molar-refractivity contribution in [1.82, 2.24) is 4.98 Å². The van der Waals surface area contributed by atoms with Gasteiger partial charge in [-0.05, 0) is 30.7 Å². The van der Waals surface area contributed by atoms with E-state index in [0.717, 1.165) is 22.4 Å². The Bertz CT molecular complexity index is 483. The highest BCUT2D eigenvalue weighted by atomic mass is 79.9. The van der Waals surface area contributed by atoms with Crippen molar-refractivity contribution in [3.8, 4) is 0 Å². The van der Waals surface area contributed by atoms with E-state index in [1.54, 1.807) is 0 Å². The van der Waals surface area contributed by atoms with E-state index in [1.165, 1.54) is 5.56 Å². The molecule has 0 aliphatic heterocycles. The summed E-state index contributed by atoms with van der Waals surface area (Å²) in [6.07, 6.45) is 1.82. The third kappa shape index (κ3) is 2.83. The van der Waals surface area contributed by atoms with Crippen LogP contribution in [0, 0.1) is 6.92 Å². The molecule has 2 aromatic rings. The van der Waals surface area contributed by atoms with E-state index in [9.17, 15) is 0 Å². The van der Waals surface area contributed by atoms with Gasteiger partial charge in [0.15, 0.2) is 0 Å². The molecule has 2 nitrogen and oxygen atoms in total. The number of nitrogens with zero attached hydrogens (tertiary/aromatic N) is 1. The monoisotopic (exact) mass is 276 g/mol. The average Bonchev–Trinajstić information content (AvgIpc) is 2.28. The summed E-state index contributed by atoms with van der Waals surface area (Å²) in [4.78, 5) is 4.16. The predicted octanol–water partition coefficient (Wildman–Crippen LogP) is 3.76. The van der Waals surface area contributed by atoms with E-state index in [0.29, 0.717) is 0 Å². The van der Waals surface area contributed by atoms with Crippen molar-refractivity contribution >= 4 is 21.6 Å². The molecule has 1 N–H and O–H groups in total. The third-order valence-corrected chi connectivity index (χ3v) is 3.11. The SMILES string of the molecule is Cc1cc(NCc2ccccc2Br)ccn1. The molecule has 1 heterocycles. The van der Waals surface area contributed by atoms with Crippen molar-refractivity contribution in [3.63, 3.8) is 0 Å². The summed E-state index contributed by atoms with van der Waals surface area (Å²) in [5.74, 6) is 0. The Morgan fingerprint density at radius 1 is 1.25 bits per heavy atom. The second-order valence-corrected chi connectivity index (χ2v) is 4.49. The van der Waals surface area contributed by atoms with Gasteiger partial charge in [0, 0.05) is 28.6 Å². The molecular weight excluding hydrogens is 264 g/mol. The van der Waals surface area contributed by atoms with Crippen LogP contribution in [0.25, 0.3) is 0 Å². The van der Waals surface area contributed by atoms with E-state index in [1.807, 2.05) is 37.4 Å². The first-order chi connectivity index (χ1) is 7.75. The lowest BCUT2D eigenvalue weighted by Gasteiger charge is -2.08. The number of aromatic nitrogens is 1. The predicted molar refractivity (Wildman–Crippen MR) is 70.4 cm³/mol. The molecule has 0 spiro atoms. The van der Waals surface area contributed by atoms with Gasteiger partial charge in [-0.25, -0.2) is 0 Å². The molecule has 1 aromatic carbocycles. The quantitative estimate of drug-likeness (QED) is 0.923. The fraction of sp³-hybridized carbons (Fsp3) is 0.154. The summed E-state index contributed by atoms with van der Waals surface area (Å²) >= 11 is 3.53. The van der Waals surface area contributed by atoms with Crippen LogP contribution in [0.1, 0.15) is 11.3 Å². The maximum atomic E-state index is 4.16. The van der Waals surface area contributed by atoms with Gasteiger partial charge in [0.05, 0.1) is 0 Å². The molecule has 0 fully saturated rings. The van der Waals surface area contributed by atoms with Gasteiger partial charge in [-0.1, -0.05) is 34.1 Å². The molecule has 0 saturated heterocycles. The summed E-state index contributed by atoms with van der Waals surface area (Å²) < 4.78 is 1.13. The normalized spacial score (nSPS) is 10.1. The van der Waals surface area contributed by atoms with Crippen molar-refractivity contribution in [2.24, 2.45) is 0 Å². The Kier molecular flexibility index (Phi) is 3.57. The lowest BCUT2D eigenvalue weighted by atomic mass is 10.2. The number of anilines is 1. The van der Waals surface area contributed by atoms with Gasteiger partial charge in [0.2, 0.25) is 0 Å². The van der Waals surface area contributed by atoms with Crippen LogP contribution in [-0.4, -0.2) is 4.98 Å². The molecule has 0 saturated carbocycles. The van der Waals surface area contributed by atoms with Crippen LogP contribution < -0.4 is 5.32 Å². The van der Waals surface area contributed by atoms with E-state index in [2.05, 4.69) is 38.4 Å². The van der Waals surface area contributed by atoms with Gasteiger partial charge in [-0.2, -0.15) is 0 Å². The van der Waals surface area contributed by atoms with Crippen molar-refractivity contribution in [3.05, 3.63) is 58.3 Å². The first-order valence-electron chi connectivity index (χ1n) is 5.15. The summed E-state index contributed by atoms with van der Waals surface area (Å²) in [5, 5.41) is 3.37. The van der Waals surface area contributed by atoms with Crippen LogP contribution in [0.5, 0.6) is 0 Å². The maximum absolute atomic E-state index is 4.16. The molecule has 0 unspecified atom stereocenters. The van der Waals surface area contributed by atoms with E-state index in [-0.39, 0.29) is 0 Å². The summed E-state index contributed by atoms with van der Waals surface area (Å²) in [6.45, 7) is 2.80. The summed E-state index contributed by atoms with van der Waals surface area (Å²) in [7, 11) is 0. The summed E-state index contributed by atoms with van der Waals surface area (Å²) in [5.41, 5.74) is 3.37. The fourth-order valence-corrected chi connectivity index (χ4v) is 1.92. The third-order valence-electron chi connectivity index (χ3n) is 2.34. The highest BCUT2D eigenvalue weighted by Gasteiger charge is 1.98. The van der Waals surface area contributed by atoms with E-state index in [4.69, 9.17) is 0 Å². The molecule has 16 heavy (non-hydrogen) atoms. The second-order valence-electron chi connectivity index (χ2n) is 3.63. The maximum Gasteiger partial charge on any atom is 0.0412 e. The van der Waals surface area contributed by atoms with E-state index >= 15 is 0 Å². The van der Waals surface area contributed by atoms with Crippen LogP contribution in [0.2, 0.25) is 0 Å². The molecule has 0 aliphatic carbocycles. The Hall–Kier alpha value is -1.35. The number of nitrogens with one attached hydrogen (secondary N) is 1. The molecule has 3 heteroatoms. The fourth-order valence-electron chi connectivity index (χ4n) is 1.49. The molecule has 0 radical (unpaired) electrons. The minimum absolute atomic E-state index is 0.810. The van der Waals surface area contributed by atoms with Gasteiger partial charge in [0.1, 0.15) is 0 Å². The molecule has 0 bridgehead atoms. The Balaban J connectivity index is 2.05. The number of benzene rings is 1. The number of hydrogen-bond acceptors (Lipinski definition) is 2. The zero-order valence-corrected chi connectivity index (χ0v) is 10.7. The first kappa shape index (κ1) is 11.1. The average molecular weight is 277 g/mol. The smallest absolute Gasteiger partial charge is 0.0412 e. The summed E-state index contributed by atoms with van der Waals surface area (Å²) in [6, 6.07) is 12.2. The lowest BCUT2D eigenvalue weighted by molar-refractivity contribution is 1.12. The Morgan fingerprint density at radius 3 is 2.81 bits per heavy atom. The van der Waals surface area contributed by atoms with Crippen molar-refractivity contribution in [1.29, 1.82) is 0 Å². The second kappa shape index (κ2) is 5.12. The van der Waals surface area contributed by atoms with Crippen molar-refractivity contribution in [2.75, 3.05) is 5.32 Å². The minimum atomic E-state index is 0.810. The molecule has 2 rings (SSSR count). The molecule has 82 valence electrons. The molecule has 0 aliphatic rings. The number of halogens is 1. The zero-order valence-electron chi connectivity index (χ0n) is 9.07. The van der Waals surface area contributed by atoms with Gasteiger partial charge in [0.25, 0.3) is 0 Å². The van der Waals surface area contributed by atoms with Gasteiger partial charge in [-0.15, -0.1) is 0 Å². The van der Waals surface area contributed by atoms with Crippen LogP contribution in [-0.2, 0) is 6.54 Å². The van der Waals surface area contributed by atoms with Crippen LogP contribution in [0.15, 0.2) is 47.1 Å². The Morgan fingerprint density at radius 2 is 2.06 bits per heavy atom. The van der Waals surface area contributed by atoms with Crippen LogP contribution in [0.3, 0.4) is 0 Å². The number of hydrogen-bond donors (Lipinski definition) is 1. The molecule has 0 amide bonds. The molecule has 1 aromatic heterocycles.